The second-order valence-electron chi connectivity index (χ2n) is 5.77. The molecule has 0 bridgehead atoms. The van der Waals surface area contributed by atoms with E-state index in [1.807, 2.05) is 19.1 Å². The van der Waals surface area contributed by atoms with Crippen molar-refractivity contribution in [3.05, 3.63) is 68.0 Å². The zero-order valence-corrected chi connectivity index (χ0v) is 18.3. The van der Waals surface area contributed by atoms with Crippen molar-refractivity contribution in [2.45, 2.75) is 6.92 Å². The molecule has 5 nitrogen and oxygen atoms in total. The summed E-state index contributed by atoms with van der Waals surface area (Å²) in [5, 5.41) is 1.16. The molecule has 0 N–H and O–H groups in total. The van der Waals surface area contributed by atoms with Crippen LogP contribution < -0.4 is 0 Å². The SMILES string of the molecule is CCN1C(=O)/C(=C/c2ccc(C(=O)OC)cc2)SC1=Nc1ccc(Br)c(Cl)c1. The monoisotopic (exact) mass is 478 g/mol. The Balaban J connectivity index is 1.88. The number of rotatable bonds is 4. The minimum atomic E-state index is -0.398. The second-order valence-corrected chi connectivity index (χ2v) is 8.04. The number of amides is 1. The van der Waals surface area contributed by atoms with E-state index < -0.39 is 5.97 Å². The number of aliphatic imine (C=N–C) groups is 1. The number of nitrogens with zero attached hydrogens (tertiary/aromatic N) is 2. The van der Waals surface area contributed by atoms with E-state index in [0.29, 0.717) is 32.9 Å². The first-order valence-electron chi connectivity index (χ1n) is 8.36. The number of ether oxygens (including phenoxy) is 1. The number of esters is 1. The van der Waals surface area contributed by atoms with Crippen LogP contribution in [-0.2, 0) is 9.53 Å². The van der Waals surface area contributed by atoms with Crippen molar-refractivity contribution in [1.29, 1.82) is 0 Å². The lowest BCUT2D eigenvalue weighted by Gasteiger charge is -2.12. The molecule has 1 aliphatic heterocycles. The number of hydrogen-bond acceptors (Lipinski definition) is 5. The molecule has 0 atom stereocenters. The van der Waals surface area contributed by atoms with Crippen LogP contribution in [0.2, 0.25) is 5.02 Å². The van der Waals surface area contributed by atoms with Crippen molar-refractivity contribution in [1.82, 2.24) is 4.90 Å². The first-order valence-corrected chi connectivity index (χ1v) is 10.3. The summed E-state index contributed by atoms with van der Waals surface area (Å²) in [6.45, 7) is 2.41. The molecule has 3 rings (SSSR count). The molecule has 2 aromatic rings. The van der Waals surface area contributed by atoms with Crippen LogP contribution >= 0.6 is 39.3 Å². The third kappa shape index (κ3) is 4.48. The Morgan fingerprint density at radius 3 is 2.61 bits per heavy atom. The molecule has 1 saturated heterocycles. The molecule has 2 aromatic carbocycles. The number of methoxy groups -OCH3 is 1. The molecule has 8 heteroatoms. The van der Waals surface area contributed by atoms with Gasteiger partial charge in [0.25, 0.3) is 5.91 Å². The third-order valence-corrected chi connectivity index (χ3v) is 6.20. The minimum absolute atomic E-state index is 0.105. The molecular formula is C20H16BrClN2O3S. The zero-order valence-electron chi connectivity index (χ0n) is 15.1. The normalized spacial score (nSPS) is 16.9. The Hall–Kier alpha value is -2.09. The highest BCUT2D eigenvalue weighted by molar-refractivity contribution is 9.10. The fourth-order valence-corrected chi connectivity index (χ4v) is 4.00. The molecule has 0 spiro atoms. The Morgan fingerprint density at radius 1 is 1.29 bits per heavy atom. The fraction of sp³-hybridized carbons (Fsp3) is 0.150. The summed E-state index contributed by atoms with van der Waals surface area (Å²) in [6, 6.07) is 12.3. The Bertz CT molecular complexity index is 989. The minimum Gasteiger partial charge on any atom is -0.465 e. The van der Waals surface area contributed by atoms with Gasteiger partial charge in [0.1, 0.15) is 0 Å². The lowest BCUT2D eigenvalue weighted by Crippen LogP contribution is -2.28. The molecule has 0 radical (unpaired) electrons. The molecule has 0 aliphatic carbocycles. The van der Waals surface area contributed by atoms with Gasteiger partial charge >= 0.3 is 5.97 Å². The largest absolute Gasteiger partial charge is 0.465 e. The average molecular weight is 480 g/mol. The van der Waals surface area contributed by atoms with Gasteiger partial charge in [0.15, 0.2) is 5.17 Å². The maximum absolute atomic E-state index is 12.7. The van der Waals surface area contributed by atoms with E-state index in [4.69, 9.17) is 16.3 Å². The van der Waals surface area contributed by atoms with Crippen molar-refractivity contribution in [3.63, 3.8) is 0 Å². The van der Waals surface area contributed by atoms with Gasteiger partial charge in [-0.25, -0.2) is 9.79 Å². The van der Waals surface area contributed by atoms with E-state index in [0.717, 1.165) is 10.0 Å². The van der Waals surface area contributed by atoms with E-state index in [1.54, 1.807) is 41.3 Å². The average Bonchev–Trinajstić information content (AvgIpc) is 2.98. The van der Waals surface area contributed by atoms with Crippen molar-refractivity contribution >= 4 is 68.1 Å². The molecule has 1 aliphatic rings. The second kappa shape index (κ2) is 8.94. The molecular weight excluding hydrogens is 464 g/mol. The van der Waals surface area contributed by atoms with Crippen molar-refractivity contribution in [2.75, 3.05) is 13.7 Å². The van der Waals surface area contributed by atoms with Crippen LogP contribution in [0.3, 0.4) is 0 Å². The molecule has 0 aromatic heterocycles. The summed E-state index contributed by atoms with van der Waals surface area (Å²) in [4.78, 5) is 31.0. The van der Waals surface area contributed by atoms with Gasteiger partial charge in [-0.1, -0.05) is 23.7 Å². The van der Waals surface area contributed by atoms with E-state index in [2.05, 4.69) is 20.9 Å². The summed E-state index contributed by atoms with van der Waals surface area (Å²) >= 11 is 10.8. The van der Waals surface area contributed by atoms with Gasteiger partial charge in [-0.05, 0) is 76.6 Å². The van der Waals surface area contributed by atoms with Crippen LogP contribution in [0.4, 0.5) is 5.69 Å². The molecule has 144 valence electrons. The maximum atomic E-state index is 12.7. The number of thioether (sulfide) groups is 1. The summed E-state index contributed by atoms with van der Waals surface area (Å²) < 4.78 is 5.48. The summed E-state index contributed by atoms with van der Waals surface area (Å²) in [7, 11) is 1.34. The van der Waals surface area contributed by atoms with Gasteiger partial charge in [-0.2, -0.15) is 0 Å². The van der Waals surface area contributed by atoms with Crippen molar-refractivity contribution in [3.8, 4) is 0 Å². The molecule has 1 fully saturated rings. The van der Waals surface area contributed by atoms with Crippen LogP contribution in [0.5, 0.6) is 0 Å². The first-order chi connectivity index (χ1) is 13.4. The highest BCUT2D eigenvalue weighted by Crippen LogP contribution is 2.35. The van der Waals surface area contributed by atoms with Gasteiger partial charge in [0, 0.05) is 11.0 Å². The molecule has 0 unspecified atom stereocenters. The van der Waals surface area contributed by atoms with Crippen LogP contribution in [0.15, 0.2) is 56.8 Å². The van der Waals surface area contributed by atoms with Crippen LogP contribution in [0.25, 0.3) is 6.08 Å². The number of hydrogen-bond donors (Lipinski definition) is 0. The molecule has 1 amide bonds. The van der Waals surface area contributed by atoms with Crippen LogP contribution in [-0.4, -0.2) is 35.6 Å². The van der Waals surface area contributed by atoms with E-state index in [9.17, 15) is 9.59 Å². The molecule has 0 saturated carbocycles. The lowest BCUT2D eigenvalue weighted by molar-refractivity contribution is -0.122. The molecule has 28 heavy (non-hydrogen) atoms. The van der Waals surface area contributed by atoms with Crippen molar-refractivity contribution < 1.29 is 14.3 Å². The smallest absolute Gasteiger partial charge is 0.337 e. The summed E-state index contributed by atoms with van der Waals surface area (Å²) in [5.74, 6) is -0.503. The maximum Gasteiger partial charge on any atom is 0.337 e. The summed E-state index contributed by atoms with van der Waals surface area (Å²) in [5.41, 5.74) is 1.94. The predicted octanol–water partition coefficient (Wildman–Crippen LogP) is 5.51. The quantitative estimate of drug-likeness (QED) is 0.428. The van der Waals surface area contributed by atoms with Crippen molar-refractivity contribution in [2.24, 2.45) is 4.99 Å². The van der Waals surface area contributed by atoms with E-state index >= 15 is 0 Å². The molecule has 1 heterocycles. The number of halogens is 2. The van der Waals surface area contributed by atoms with E-state index in [-0.39, 0.29) is 5.91 Å². The highest BCUT2D eigenvalue weighted by atomic mass is 79.9. The van der Waals surface area contributed by atoms with Crippen LogP contribution in [0.1, 0.15) is 22.8 Å². The number of amidine groups is 1. The van der Waals surface area contributed by atoms with Gasteiger partial charge in [0.2, 0.25) is 0 Å². The van der Waals surface area contributed by atoms with Gasteiger partial charge < -0.3 is 4.74 Å². The van der Waals surface area contributed by atoms with E-state index in [1.165, 1.54) is 18.9 Å². The zero-order chi connectivity index (χ0) is 20.3. The Labute approximate surface area is 180 Å². The Kier molecular flexibility index (Phi) is 6.59. The first kappa shape index (κ1) is 20.6. The standard InChI is InChI=1S/C20H16BrClN2O3S/c1-3-24-18(25)17(10-12-4-6-13(7-5-12)19(26)27-2)28-20(24)23-14-8-9-15(21)16(22)11-14/h4-11H,3H2,1-2H3/b17-10-,23-20?. The number of likely N-dealkylation sites (N-methyl/N-ethyl adjacent to an activating group) is 1. The predicted molar refractivity (Wildman–Crippen MR) is 117 cm³/mol. The number of benzene rings is 2. The van der Waals surface area contributed by atoms with Crippen LogP contribution in [0, 0.1) is 0 Å². The number of carbonyl (C=O) groups is 2. The Morgan fingerprint density at radius 2 is 2.00 bits per heavy atom. The summed E-state index contributed by atoms with van der Waals surface area (Å²) in [6.07, 6.45) is 1.79. The lowest BCUT2D eigenvalue weighted by atomic mass is 10.1. The fourth-order valence-electron chi connectivity index (χ4n) is 2.52. The highest BCUT2D eigenvalue weighted by Gasteiger charge is 2.32. The third-order valence-electron chi connectivity index (χ3n) is 3.96. The topological polar surface area (TPSA) is 59.0 Å². The number of carbonyl (C=O) groups excluding carboxylic acids is 2. The van der Waals surface area contributed by atoms with Gasteiger partial charge in [-0.15, -0.1) is 0 Å². The van der Waals surface area contributed by atoms with Gasteiger partial charge in [0.05, 0.1) is 28.3 Å². The van der Waals surface area contributed by atoms with Gasteiger partial charge in [-0.3, -0.25) is 9.69 Å².